The van der Waals surface area contributed by atoms with E-state index in [1.807, 2.05) is 29.3 Å². The van der Waals surface area contributed by atoms with Crippen molar-refractivity contribution in [2.45, 2.75) is 70.5 Å². The Morgan fingerprint density at radius 1 is 1.00 bits per heavy atom. The second-order valence-electron chi connectivity index (χ2n) is 16.2. The molecule has 3 aromatic heterocycles. The Bertz CT molecular complexity index is 2200. The zero-order chi connectivity index (χ0) is 38.0. The third kappa shape index (κ3) is 6.32. The summed E-state index contributed by atoms with van der Waals surface area (Å²) < 4.78 is 18.0. The van der Waals surface area contributed by atoms with Crippen LogP contribution in [0.1, 0.15) is 77.8 Å². The molecule has 3 saturated heterocycles. The summed E-state index contributed by atoms with van der Waals surface area (Å²) in [6, 6.07) is 8.63. The molecule has 15 heteroatoms. The highest BCUT2D eigenvalue weighted by Gasteiger charge is 2.47. The first-order valence-corrected chi connectivity index (χ1v) is 19.3. The van der Waals surface area contributed by atoms with E-state index >= 15 is 4.39 Å². The first kappa shape index (κ1) is 35.1. The smallest absolute Gasteiger partial charge is 0.270 e. The Labute approximate surface area is 318 Å². The van der Waals surface area contributed by atoms with Gasteiger partial charge in [-0.3, -0.25) is 24.5 Å². The number of imide groups is 1. The van der Waals surface area contributed by atoms with Crippen LogP contribution in [0, 0.1) is 17.2 Å². The Hall–Kier alpha value is -5.60. The number of aromatic nitrogens is 4. The van der Waals surface area contributed by atoms with Crippen LogP contribution in [0.4, 0.5) is 27.5 Å². The number of benzene rings is 1. The number of nitrogens with zero attached hydrogens (tertiary/aromatic N) is 8. The summed E-state index contributed by atoms with van der Waals surface area (Å²) in [4.78, 5) is 71.9. The zero-order valence-electron chi connectivity index (χ0n) is 31.2. The van der Waals surface area contributed by atoms with Gasteiger partial charge in [0.2, 0.25) is 17.8 Å². The molecule has 4 aliphatic heterocycles. The number of carbonyl (C=O) groups is 4. The number of piperidine rings is 2. The third-order valence-electron chi connectivity index (χ3n) is 12.4. The molecule has 14 nitrogen and oxygen atoms in total. The molecule has 7 heterocycles. The first-order valence-electron chi connectivity index (χ1n) is 19.3. The largest absolute Gasteiger partial charge is 0.370 e. The van der Waals surface area contributed by atoms with Gasteiger partial charge in [-0.25, -0.2) is 14.4 Å². The lowest BCUT2D eigenvalue weighted by Gasteiger charge is -2.55. The Kier molecular flexibility index (Phi) is 8.69. The summed E-state index contributed by atoms with van der Waals surface area (Å²) in [6.07, 6.45) is 10.7. The fourth-order valence-corrected chi connectivity index (χ4v) is 9.24. The second kappa shape index (κ2) is 13.6. The Morgan fingerprint density at radius 2 is 1.78 bits per heavy atom. The highest BCUT2D eigenvalue weighted by molar-refractivity contribution is 6.06. The zero-order valence-corrected chi connectivity index (χ0v) is 31.2. The quantitative estimate of drug-likeness (QED) is 0.248. The molecular weight excluding hydrogens is 704 g/mol. The van der Waals surface area contributed by atoms with Crippen molar-refractivity contribution in [2.75, 3.05) is 55.4 Å². The van der Waals surface area contributed by atoms with Gasteiger partial charge in [0.05, 0.1) is 23.1 Å². The number of fused-ring (bicyclic) bond motifs is 2. The average Bonchev–Trinajstić information content (AvgIpc) is 3.89. The third-order valence-corrected chi connectivity index (χ3v) is 12.4. The van der Waals surface area contributed by atoms with Crippen molar-refractivity contribution in [1.29, 1.82) is 0 Å². The molecule has 286 valence electrons. The SMILES string of the molecule is CN(C)C(=O)c1cc2cnc(Nc3ccc(N4CCC5(CC4)CN(c4ccc6c(c4F)C(=O)N([C@@H]4CCC(=O)NC4=O)C6)C5)cn3)nc2n1CC1CCCC1. The Morgan fingerprint density at radius 3 is 2.49 bits per heavy atom. The maximum absolute atomic E-state index is 15.9. The fraction of sp³-hybridized carbons (Fsp3) is 0.475. The van der Waals surface area contributed by atoms with E-state index in [4.69, 9.17) is 4.98 Å². The number of pyridine rings is 1. The van der Waals surface area contributed by atoms with Crippen molar-refractivity contribution >= 4 is 57.8 Å². The highest BCUT2D eigenvalue weighted by Crippen LogP contribution is 2.45. The van der Waals surface area contributed by atoms with Crippen molar-refractivity contribution in [1.82, 2.24) is 34.6 Å². The van der Waals surface area contributed by atoms with E-state index in [9.17, 15) is 19.2 Å². The summed E-state index contributed by atoms with van der Waals surface area (Å²) >= 11 is 0. The van der Waals surface area contributed by atoms with Gasteiger partial charge in [-0.05, 0) is 67.9 Å². The number of halogens is 1. The van der Waals surface area contributed by atoms with E-state index in [1.165, 1.54) is 17.7 Å². The molecular formula is C40H45FN10O4. The molecule has 55 heavy (non-hydrogen) atoms. The lowest BCUT2D eigenvalue weighted by atomic mass is 9.71. The number of anilines is 4. The number of amides is 4. The molecule has 1 aliphatic carbocycles. The molecule has 5 aliphatic rings. The van der Waals surface area contributed by atoms with Crippen LogP contribution in [-0.4, -0.2) is 99.3 Å². The van der Waals surface area contributed by atoms with E-state index in [-0.39, 0.29) is 42.2 Å². The maximum atomic E-state index is 15.9. The molecule has 1 aromatic carbocycles. The number of carbonyl (C=O) groups excluding carboxylic acids is 4. The summed E-state index contributed by atoms with van der Waals surface area (Å²) in [5, 5.41) is 6.39. The van der Waals surface area contributed by atoms with Gasteiger partial charge in [0.15, 0.2) is 5.82 Å². The Balaban J connectivity index is 0.820. The van der Waals surface area contributed by atoms with Crippen LogP contribution in [0.15, 0.2) is 42.7 Å². The van der Waals surface area contributed by atoms with Gasteiger partial charge in [-0.2, -0.15) is 4.98 Å². The predicted octanol–water partition coefficient (Wildman–Crippen LogP) is 4.47. The minimum Gasteiger partial charge on any atom is -0.370 e. The van der Waals surface area contributed by atoms with Crippen molar-refractivity contribution in [3.8, 4) is 0 Å². The van der Waals surface area contributed by atoms with Gasteiger partial charge in [0.1, 0.15) is 23.2 Å². The van der Waals surface area contributed by atoms with Gasteiger partial charge in [-0.1, -0.05) is 18.9 Å². The van der Waals surface area contributed by atoms with Crippen LogP contribution < -0.4 is 20.4 Å². The summed E-state index contributed by atoms with van der Waals surface area (Å²) in [5.74, 6) is -0.352. The topological polar surface area (TPSA) is 149 Å². The summed E-state index contributed by atoms with van der Waals surface area (Å²) in [7, 11) is 3.53. The number of hydrogen-bond donors (Lipinski definition) is 2. The molecule has 2 N–H and O–H groups in total. The van der Waals surface area contributed by atoms with E-state index in [0.29, 0.717) is 47.7 Å². The van der Waals surface area contributed by atoms with Crippen molar-refractivity contribution in [2.24, 2.45) is 11.3 Å². The monoisotopic (exact) mass is 748 g/mol. The summed E-state index contributed by atoms with van der Waals surface area (Å²) in [5.41, 5.74) is 3.49. The van der Waals surface area contributed by atoms with E-state index in [2.05, 4.69) is 30.1 Å². The van der Waals surface area contributed by atoms with E-state index in [0.717, 1.165) is 62.0 Å². The molecule has 4 fully saturated rings. The molecule has 1 saturated carbocycles. The molecule has 1 spiro atoms. The van der Waals surface area contributed by atoms with Crippen LogP contribution >= 0.6 is 0 Å². The number of rotatable bonds is 8. The molecule has 1 atom stereocenters. The molecule has 9 rings (SSSR count). The number of hydrogen-bond acceptors (Lipinski definition) is 10. The van der Waals surface area contributed by atoms with Crippen LogP contribution in [0.5, 0.6) is 0 Å². The van der Waals surface area contributed by atoms with Crippen LogP contribution in [0.25, 0.3) is 11.0 Å². The van der Waals surface area contributed by atoms with Crippen molar-refractivity contribution in [3.63, 3.8) is 0 Å². The van der Waals surface area contributed by atoms with Gasteiger partial charge in [0, 0.05) is 76.8 Å². The molecule has 0 bridgehead atoms. The van der Waals surface area contributed by atoms with Crippen molar-refractivity contribution in [3.05, 3.63) is 65.4 Å². The fourth-order valence-electron chi connectivity index (χ4n) is 9.24. The molecule has 4 amide bonds. The average molecular weight is 749 g/mol. The van der Waals surface area contributed by atoms with Gasteiger partial charge in [0.25, 0.3) is 11.8 Å². The minimum atomic E-state index is -0.773. The molecule has 0 unspecified atom stereocenters. The van der Waals surface area contributed by atoms with Crippen LogP contribution in [-0.2, 0) is 22.7 Å². The van der Waals surface area contributed by atoms with Gasteiger partial charge >= 0.3 is 0 Å². The molecule has 0 radical (unpaired) electrons. The predicted molar refractivity (Wildman–Crippen MR) is 204 cm³/mol. The van der Waals surface area contributed by atoms with E-state index in [1.54, 1.807) is 37.3 Å². The first-order chi connectivity index (χ1) is 26.6. The molecule has 4 aromatic rings. The van der Waals surface area contributed by atoms with Gasteiger partial charge < -0.3 is 29.5 Å². The standard InChI is InChI=1S/C40H45FN10O4/c1-47(2)37(54)30-17-26-18-43-39(46-35(26)50(30)20-24-5-3-4-6-24)44-31-11-8-27(19-42-31)48-15-13-40(14-16-48)22-49(23-40)28-9-7-25-21-51(38(55)33(25)34(28)41)29-10-12-32(52)45-36(29)53/h7-9,11,17-19,24,29H,3-6,10,12-16,20-23H2,1-2H3,(H,45,52,53)(H,42,43,44,46)/t29-/m1/s1. The van der Waals surface area contributed by atoms with Crippen molar-refractivity contribution < 1.29 is 23.6 Å². The van der Waals surface area contributed by atoms with Gasteiger partial charge in [-0.15, -0.1) is 0 Å². The second-order valence-corrected chi connectivity index (χ2v) is 16.2. The number of nitrogens with one attached hydrogen (secondary N) is 2. The van der Waals surface area contributed by atoms with E-state index < -0.39 is 23.7 Å². The lowest BCUT2D eigenvalue weighted by molar-refractivity contribution is -0.136. The summed E-state index contributed by atoms with van der Waals surface area (Å²) in [6.45, 7) is 4.03. The van der Waals surface area contributed by atoms with Crippen LogP contribution in [0.2, 0.25) is 0 Å². The normalized spacial score (nSPS) is 21.0. The van der Waals surface area contributed by atoms with Crippen LogP contribution in [0.3, 0.4) is 0 Å². The highest BCUT2D eigenvalue weighted by atomic mass is 19.1. The lowest BCUT2D eigenvalue weighted by Crippen LogP contribution is -2.60. The minimum absolute atomic E-state index is 0.0371. The maximum Gasteiger partial charge on any atom is 0.270 e.